The first-order valence-electron chi connectivity index (χ1n) is 48.2. The lowest BCUT2D eigenvalue weighted by molar-refractivity contribution is -0.896. The summed E-state index contributed by atoms with van der Waals surface area (Å²) in [6, 6.07) is 10.6. The molecule has 17 rings (SSSR count). The normalized spacial score (nSPS) is 30.1. The van der Waals surface area contributed by atoms with E-state index in [1.165, 1.54) is 43.0 Å². The largest absolute Gasteiger partial charge is 0.582 e. The smallest absolute Gasteiger partial charge is 0.458 e. The number of H-pyrrole nitrogens is 1. The van der Waals surface area contributed by atoms with Crippen LogP contribution in [0.25, 0.3) is 10.9 Å². The number of anilines is 1. The molecule has 0 radical (unpaired) electrons. The molecule has 6 aliphatic carbocycles. The number of aromatic nitrogens is 4. The van der Waals surface area contributed by atoms with Crippen LogP contribution in [0.15, 0.2) is 115 Å². The maximum absolute atomic E-state index is 15.8. The highest BCUT2D eigenvalue weighted by molar-refractivity contribution is 6.08. The molecule has 4 aromatic rings. The Kier molecular flexibility index (Phi) is 30.4. The third-order valence-electron chi connectivity index (χ3n) is 31.7. The Bertz CT molecular complexity index is 5540. The van der Waals surface area contributed by atoms with Gasteiger partial charge in [-0.05, 0) is 168 Å². The number of unbranched alkanes of at least 4 members (excludes halogenated alkanes) is 4. The van der Waals surface area contributed by atoms with Gasteiger partial charge in [-0.25, -0.2) is 0 Å². The number of carbonyl (C=O) groups is 13. The first-order chi connectivity index (χ1) is 64.4. The number of aliphatic hydroxyl groups is 4. The number of aromatic amines is 1. The lowest BCUT2D eigenvalue weighted by atomic mass is 9.47. The number of allylic oxidation sites excluding steroid dienone is 9. The number of benzene rings is 2. The zero-order valence-corrected chi connectivity index (χ0v) is 77.6. The topological polar surface area (TPSA) is 413 Å². The summed E-state index contributed by atoms with van der Waals surface area (Å²) in [6.45, 7) is 14.1. The van der Waals surface area contributed by atoms with Crippen LogP contribution in [0, 0.1) is 77.9 Å². The Labute approximate surface area is 795 Å². The summed E-state index contributed by atoms with van der Waals surface area (Å²) in [5, 5.41) is 59.1. The van der Waals surface area contributed by atoms with E-state index >= 15 is 4.79 Å². The quantitative estimate of drug-likeness (QED) is 0.00344. The summed E-state index contributed by atoms with van der Waals surface area (Å²) in [6.07, 6.45) is 36.8. The number of nitrogens with zero attached hydrogens (tertiary/aromatic N) is 10. The number of aliphatic hydroxyl groups excluding tert-OH is 2. The summed E-state index contributed by atoms with van der Waals surface area (Å²) >= 11 is 0. The Balaban J connectivity index is 0.000000380. The fourth-order valence-corrected chi connectivity index (χ4v) is 25.9. The first kappa shape index (κ1) is 101. The summed E-state index contributed by atoms with van der Waals surface area (Å²) in [4.78, 5) is 187. The molecule has 9 amide bonds. The number of terminal acetylenes is 1. The van der Waals surface area contributed by atoms with Crippen LogP contribution >= 0.6 is 0 Å². The number of hydrogen-bond acceptors (Lipinski definition) is 21. The minimum absolute atomic E-state index is 0. The van der Waals surface area contributed by atoms with E-state index in [-0.39, 0.29) is 206 Å². The van der Waals surface area contributed by atoms with Crippen molar-refractivity contribution < 1.29 is 96.4 Å². The molecule has 32 heteroatoms. The number of fused-ring (bicyclic) bond motifs is 16. The third-order valence-corrected chi connectivity index (χ3v) is 31.7. The van der Waals surface area contributed by atoms with Crippen molar-refractivity contribution in [3.05, 3.63) is 149 Å². The van der Waals surface area contributed by atoms with Gasteiger partial charge in [-0.3, -0.25) is 85.8 Å². The van der Waals surface area contributed by atoms with E-state index in [1.54, 1.807) is 25.3 Å². The van der Waals surface area contributed by atoms with Crippen LogP contribution in [0.1, 0.15) is 199 Å². The Morgan fingerprint density at radius 2 is 1.32 bits per heavy atom. The Morgan fingerprint density at radius 1 is 0.721 bits per heavy atom. The van der Waals surface area contributed by atoms with Gasteiger partial charge in [0.15, 0.2) is 17.5 Å². The first-order valence-corrected chi connectivity index (χ1v) is 48.2. The van der Waals surface area contributed by atoms with E-state index in [4.69, 9.17) is 20.7 Å². The number of aryl methyl sites for hydroxylation is 2. The summed E-state index contributed by atoms with van der Waals surface area (Å²) in [5.41, 5.74) is -0.317. The monoisotopic (exact) mass is 1870 g/mol. The highest BCUT2D eigenvalue weighted by atomic mass is 16.6. The molecule has 6 bridgehead atoms. The number of piperidine rings is 1. The van der Waals surface area contributed by atoms with Crippen molar-refractivity contribution in [3.63, 3.8) is 0 Å². The highest BCUT2D eigenvalue weighted by Gasteiger charge is 2.80. The molecule has 3 saturated carbocycles. The van der Waals surface area contributed by atoms with Crippen molar-refractivity contribution in [2.75, 3.05) is 96.7 Å². The zero-order valence-electron chi connectivity index (χ0n) is 77.6. The molecule has 2 aromatic heterocycles. The van der Waals surface area contributed by atoms with Crippen LogP contribution in [0.2, 0.25) is 0 Å². The zero-order chi connectivity index (χ0) is 95.1. The molecule has 2 aromatic carbocycles. The molecule has 4 saturated heterocycles. The molecular formula is C104H135N13O19+2. The maximum atomic E-state index is 15.8. The number of amides is 9. The number of Topliss-reactive ketones (excluding diaryl/α,β-unsaturated/α-hetero) is 2. The van der Waals surface area contributed by atoms with Gasteiger partial charge in [-0.2, -0.15) is 0 Å². The number of hydrogen-bond donors (Lipinski definition) is 7. The predicted octanol–water partition coefficient (Wildman–Crippen LogP) is 7.27. The summed E-state index contributed by atoms with van der Waals surface area (Å²) < 4.78 is 14.0. The molecular weight excluding hydrogens is 1740 g/mol. The molecule has 18 atom stereocenters. The minimum atomic E-state index is -2.35. The molecule has 13 aliphatic rings. The Hall–Kier alpha value is -11.3. The number of esters is 1. The van der Waals surface area contributed by atoms with Gasteiger partial charge in [0.1, 0.15) is 36.2 Å². The van der Waals surface area contributed by atoms with Gasteiger partial charge >= 0.3 is 11.9 Å². The van der Waals surface area contributed by atoms with E-state index in [9.17, 15) is 72.9 Å². The van der Waals surface area contributed by atoms with Crippen molar-refractivity contribution in [1.82, 2.24) is 55.1 Å². The lowest BCUT2D eigenvalue weighted by Gasteiger charge is -2.63. The fourth-order valence-electron chi connectivity index (χ4n) is 25.9. The third kappa shape index (κ3) is 18.5. The second-order valence-electron chi connectivity index (χ2n) is 39.6. The van der Waals surface area contributed by atoms with E-state index in [0.29, 0.717) is 151 Å². The number of ether oxygens (including phenoxy) is 1. The van der Waals surface area contributed by atoms with E-state index in [1.807, 2.05) is 69.3 Å². The summed E-state index contributed by atoms with van der Waals surface area (Å²) in [5.74, 6) is -0.546. The van der Waals surface area contributed by atoms with Gasteiger partial charge in [0.25, 0.3) is 0 Å². The van der Waals surface area contributed by atoms with E-state index in [0.717, 1.165) is 63.7 Å². The standard InChI is InChI=1S/C79H95N10O14.C23H31N3O5.2CH4/c1-7-75(100)40-53-41-78(49(4)92,60-39-61-63(37-48(60)3)88(47-91)73-77(61)28-34-84-30-14-27-76(8-2,72(77)84)74(102-51(6)94)79(73,101)50(5)93)69-59(58-15-11-12-16-62(58)81-69)26-35-89(45-53,46-75)44-52-18-22-57(23-19-52)103-66(97)25-33-86-43-56(82-83-86)42-85(32-24-64(95)80-29-36-90)65(96)17-10-9-13-31-87-70(98)67-54-20-21-55(38-54)68(67)71(87)99;1-2-11-25(13-9-18(28)24-10-14-27)19(29)6-4-3-5-12-26-22(30)20-16-7-8-17(15-16)21(20)23(26)31;;/h11-12,14-16,18-23,27,37,39,43-44,47,53-55,67-68,72-74,81,90,100-101H,7-10,13,17,24-26,28-36,38,40-42,45-46H2,1-6H3;1,7-8,16-17,20-21,27H,3-6,9-15H2,(H,24,28);2*1H4/q+1;;;/p+1/t53-,54-,55+,67+,68-,72-,73+,74+,75-,76+,77+,78-,79-,89-;16-,17+,20+,21-;;/m0.../s1. The van der Waals surface area contributed by atoms with Crippen molar-refractivity contribution in [2.45, 2.75) is 232 Å². The second-order valence-corrected chi connectivity index (χ2v) is 39.6. The number of ketones is 3. The van der Waals surface area contributed by atoms with Gasteiger partial charge in [0, 0.05) is 152 Å². The van der Waals surface area contributed by atoms with Crippen LogP contribution < -0.4 is 15.5 Å². The number of nitrogens with one attached hydrogen (secondary N) is 3. The highest BCUT2D eigenvalue weighted by Crippen LogP contribution is 2.68. The number of carbonyl (C=O) groups excluding carboxylic acids is 14. The Morgan fingerprint density at radius 3 is 1.88 bits per heavy atom. The van der Waals surface area contributed by atoms with Crippen LogP contribution in [0.5, 0.6) is 0 Å². The summed E-state index contributed by atoms with van der Waals surface area (Å²) in [7, 11) is 0. The van der Waals surface area contributed by atoms with E-state index in [2.05, 4.69) is 79.4 Å². The van der Waals surface area contributed by atoms with Crippen molar-refractivity contribution >= 4 is 99.5 Å². The van der Waals surface area contributed by atoms with Gasteiger partial charge in [-0.15, -0.1) is 11.5 Å². The molecule has 32 nitrogen and oxygen atoms in total. The maximum Gasteiger partial charge on any atom is 0.582 e. The van der Waals surface area contributed by atoms with Gasteiger partial charge in [-0.1, -0.05) is 113 Å². The SMILES string of the molecule is C.C.C#CCN(CCC(=O)NCCO)C(=O)CCCCCN1C(=O)[C@@H]2[C@H](C1=O)[C@H]1C=C[C@@H]2C1.CC[C@]1(O)C[C@H]2C[C@](C(C)=O)(c3cc4c(cc3C)N(C=O)[C@H]3[C@@](O)(C(C)=O)[C@H](OC(C)=O)[C@]5(CC)C=CCN6CC[C@]43[C@@H]65)c3[nH]c4ccccc4c3CC[N@+](C=C3C=CC(=[O+]C(=O)CCn4cc(CN(CCC(=O)NCCO)C(=O)CCCCCN5C(=O)[C@@H]6[C@H](C5=O)[C@H]5C=C[C@@H]6C5)nn4)C=C3)(C2)C1. The van der Waals surface area contributed by atoms with Crippen LogP contribution in [-0.4, -0.2) is 273 Å². The average molecular weight is 1870 g/mol. The number of likely N-dealkylation sites (tertiary alicyclic amines) is 2. The molecule has 136 heavy (non-hydrogen) atoms. The molecule has 0 unspecified atom stereocenters. The van der Waals surface area contributed by atoms with Gasteiger partial charge < -0.3 is 55.5 Å². The number of para-hydroxylation sites is 1. The van der Waals surface area contributed by atoms with E-state index < -0.39 is 63.4 Å². The molecule has 7 N–H and O–H groups in total. The van der Waals surface area contributed by atoms with Crippen LogP contribution in [-0.2, 0) is 102 Å². The molecule has 7 aliphatic heterocycles. The molecule has 1 spiro atoms. The molecule has 728 valence electrons. The predicted molar refractivity (Wildman–Crippen MR) is 505 cm³/mol. The average Bonchev–Trinajstić information content (AvgIpc) is 1.48. The molecule has 9 heterocycles. The number of imide groups is 2. The minimum Gasteiger partial charge on any atom is -0.458 e. The van der Waals surface area contributed by atoms with Crippen molar-refractivity contribution in [2.24, 2.45) is 58.7 Å². The fraction of sp³-hybridized carbons (Fsp3) is 0.577. The van der Waals surface area contributed by atoms with Crippen molar-refractivity contribution in [1.29, 1.82) is 0 Å². The second kappa shape index (κ2) is 41.1. The molecule has 7 fully saturated rings. The van der Waals surface area contributed by atoms with Gasteiger partial charge in [0.2, 0.25) is 59.5 Å². The van der Waals surface area contributed by atoms with Crippen LogP contribution in [0.4, 0.5) is 5.69 Å². The van der Waals surface area contributed by atoms with Gasteiger partial charge in [0.05, 0.1) is 87.3 Å². The number of rotatable bonds is 36. The van der Waals surface area contributed by atoms with Crippen LogP contribution in [0.3, 0.4) is 0 Å². The lowest BCUT2D eigenvalue weighted by Crippen LogP contribution is -2.81. The number of quaternary nitrogens is 1. The van der Waals surface area contributed by atoms with Crippen molar-refractivity contribution in [3.8, 4) is 12.3 Å².